The van der Waals surface area contributed by atoms with Crippen LogP contribution in [0.25, 0.3) is 0 Å². The monoisotopic (exact) mass is 278 g/mol. The van der Waals surface area contributed by atoms with Gasteiger partial charge in [-0.3, -0.25) is 10.1 Å². The van der Waals surface area contributed by atoms with E-state index in [-0.39, 0.29) is 12.5 Å². The Bertz CT molecular complexity index is 490. The van der Waals surface area contributed by atoms with E-state index in [0.29, 0.717) is 13.0 Å². The van der Waals surface area contributed by atoms with Crippen molar-refractivity contribution in [1.82, 2.24) is 10.6 Å². The number of carbonyl (C=O) groups excluding carboxylic acids is 1. The summed E-state index contributed by atoms with van der Waals surface area (Å²) < 4.78 is 5.26. The van der Waals surface area contributed by atoms with E-state index in [9.17, 15) is 4.79 Å². The first-order chi connectivity index (χ1) is 9.61. The van der Waals surface area contributed by atoms with Gasteiger partial charge >= 0.3 is 0 Å². The third kappa shape index (κ3) is 2.78. The van der Waals surface area contributed by atoms with Crippen molar-refractivity contribution < 1.29 is 14.6 Å². The van der Waals surface area contributed by atoms with Crippen LogP contribution in [0.15, 0.2) is 18.2 Å². The van der Waals surface area contributed by atoms with Crippen LogP contribution < -0.4 is 15.4 Å². The van der Waals surface area contributed by atoms with E-state index in [1.165, 1.54) is 5.56 Å². The van der Waals surface area contributed by atoms with Gasteiger partial charge in [-0.15, -0.1) is 0 Å². The van der Waals surface area contributed by atoms with Crippen molar-refractivity contribution in [2.24, 2.45) is 0 Å². The molecule has 0 saturated heterocycles. The number of nitrogens with one attached hydrogen (secondary N) is 2. The summed E-state index contributed by atoms with van der Waals surface area (Å²) in [5, 5.41) is 15.0. The van der Waals surface area contributed by atoms with Crippen molar-refractivity contribution in [3.05, 3.63) is 29.3 Å². The van der Waals surface area contributed by atoms with Crippen LogP contribution in [0.5, 0.6) is 5.75 Å². The topological polar surface area (TPSA) is 70.6 Å². The van der Waals surface area contributed by atoms with Crippen LogP contribution in [-0.4, -0.2) is 37.8 Å². The normalized spacial score (nSPS) is 21.1. The number of benzene rings is 1. The van der Waals surface area contributed by atoms with E-state index in [2.05, 4.69) is 10.6 Å². The second-order valence-corrected chi connectivity index (χ2v) is 5.16. The lowest BCUT2D eigenvalue weighted by Crippen LogP contribution is -2.55. The number of hydrogen-bond acceptors (Lipinski definition) is 4. The highest BCUT2D eigenvalue weighted by Gasteiger charge is 2.38. The highest BCUT2D eigenvalue weighted by molar-refractivity contribution is 5.88. The van der Waals surface area contributed by atoms with Crippen molar-refractivity contribution in [1.29, 1.82) is 0 Å². The number of rotatable bonds is 5. The molecule has 1 aromatic carbocycles. The van der Waals surface area contributed by atoms with Gasteiger partial charge in [0, 0.05) is 19.7 Å². The molecule has 1 atom stereocenters. The molecule has 1 aliphatic heterocycles. The molecule has 3 N–H and O–H groups in total. The number of aliphatic hydroxyl groups excluding tert-OH is 1. The maximum Gasteiger partial charge on any atom is 0.244 e. The van der Waals surface area contributed by atoms with E-state index in [1.807, 2.05) is 25.1 Å². The Morgan fingerprint density at radius 3 is 3.05 bits per heavy atom. The zero-order valence-corrected chi connectivity index (χ0v) is 12.0. The van der Waals surface area contributed by atoms with Crippen molar-refractivity contribution in [2.45, 2.75) is 25.3 Å². The number of aliphatic hydroxyl groups is 1. The van der Waals surface area contributed by atoms with Gasteiger partial charge in [-0.25, -0.2) is 0 Å². The summed E-state index contributed by atoms with van der Waals surface area (Å²) in [6.07, 6.45) is 1.46. The van der Waals surface area contributed by atoms with Crippen molar-refractivity contribution in [3.63, 3.8) is 0 Å². The first kappa shape index (κ1) is 14.8. The molecule has 1 unspecified atom stereocenters. The Balaban J connectivity index is 2.26. The summed E-state index contributed by atoms with van der Waals surface area (Å²) >= 11 is 0. The van der Waals surface area contributed by atoms with Gasteiger partial charge in [-0.05, 0) is 43.0 Å². The highest BCUT2D eigenvalue weighted by Crippen LogP contribution is 2.31. The summed E-state index contributed by atoms with van der Waals surface area (Å²) in [6, 6.07) is 5.87. The zero-order chi connectivity index (χ0) is 14.6. The molecular formula is C15H22N2O3. The van der Waals surface area contributed by atoms with Crippen LogP contribution in [0.2, 0.25) is 0 Å². The quantitative estimate of drug-likeness (QED) is 0.688. The lowest BCUT2D eigenvalue weighted by Gasteiger charge is -2.36. The molecule has 0 fully saturated rings. The fraction of sp³-hybridized carbons (Fsp3) is 0.533. The minimum atomic E-state index is -0.752. The molecule has 0 saturated carbocycles. The summed E-state index contributed by atoms with van der Waals surface area (Å²) in [4.78, 5) is 12.5. The average molecular weight is 278 g/mol. The Kier molecular flexibility index (Phi) is 4.62. The van der Waals surface area contributed by atoms with Gasteiger partial charge in [0.25, 0.3) is 0 Å². The SMILES string of the molecule is COc1ccc2c(c1)C(C)(C(=O)NCCCO)NCC2. The zero-order valence-electron chi connectivity index (χ0n) is 12.0. The number of methoxy groups -OCH3 is 1. The standard InChI is InChI=1S/C15H22N2O3/c1-15(14(19)16-7-3-9-18)13-10-12(20-2)5-4-11(13)6-8-17-15/h4-5,10,17-18H,3,6-9H2,1-2H3,(H,16,19). The molecule has 20 heavy (non-hydrogen) atoms. The van der Waals surface area contributed by atoms with Crippen LogP contribution in [0.4, 0.5) is 0 Å². The maximum absolute atomic E-state index is 12.5. The fourth-order valence-electron chi connectivity index (χ4n) is 2.57. The summed E-state index contributed by atoms with van der Waals surface area (Å²) in [5.74, 6) is 0.682. The molecule has 0 radical (unpaired) electrons. The highest BCUT2D eigenvalue weighted by atomic mass is 16.5. The molecule has 1 amide bonds. The van der Waals surface area contributed by atoms with Crippen molar-refractivity contribution in [2.75, 3.05) is 26.8 Å². The van der Waals surface area contributed by atoms with E-state index in [4.69, 9.17) is 9.84 Å². The molecule has 1 aliphatic rings. The minimum Gasteiger partial charge on any atom is -0.497 e. The molecule has 1 aromatic rings. The lowest BCUT2D eigenvalue weighted by molar-refractivity contribution is -0.127. The first-order valence-corrected chi connectivity index (χ1v) is 6.93. The van der Waals surface area contributed by atoms with Crippen LogP contribution >= 0.6 is 0 Å². The van der Waals surface area contributed by atoms with Crippen molar-refractivity contribution >= 4 is 5.91 Å². The molecule has 5 heteroatoms. The summed E-state index contributed by atoms with van der Waals surface area (Å²) in [6.45, 7) is 3.21. The van der Waals surface area contributed by atoms with Gasteiger partial charge in [0.05, 0.1) is 7.11 Å². The van der Waals surface area contributed by atoms with Gasteiger partial charge in [0.1, 0.15) is 11.3 Å². The Morgan fingerprint density at radius 1 is 1.55 bits per heavy atom. The predicted molar refractivity (Wildman–Crippen MR) is 76.8 cm³/mol. The first-order valence-electron chi connectivity index (χ1n) is 6.93. The van der Waals surface area contributed by atoms with Crippen molar-refractivity contribution in [3.8, 4) is 5.75 Å². The Hall–Kier alpha value is -1.59. The van der Waals surface area contributed by atoms with Crippen LogP contribution in [0, 0.1) is 0 Å². The van der Waals surface area contributed by atoms with E-state index >= 15 is 0 Å². The van der Waals surface area contributed by atoms with Crippen LogP contribution in [-0.2, 0) is 16.8 Å². The number of amides is 1. The van der Waals surface area contributed by atoms with E-state index in [0.717, 1.165) is 24.3 Å². The molecular weight excluding hydrogens is 256 g/mol. The molecule has 0 spiro atoms. The van der Waals surface area contributed by atoms with Gasteiger partial charge in [-0.2, -0.15) is 0 Å². The molecule has 0 aromatic heterocycles. The molecule has 0 aliphatic carbocycles. The molecule has 110 valence electrons. The predicted octanol–water partition coefficient (Wildman–Crippen LogP) is 0.555. The number of fused-ring (bicyclic) bond motifs is 1. The largest absolute Gasteiger partial charge is 0.497 e. The fourth-order valence-corrected chi connectivity index (χ4v) is 2.57. The van der Waals surface area contributed by atoms with Crippen LogP contribution in [0.1, 0.15) is 24.5 Å². The van der Waals surface area contributed by atoms with Gasteiger partial charge < -0.3 is 15.2 Å². The maximum atomic E-state index is 12.5. The second kappa shape index (κ2) is 6.24. The third-order valence-corrected chi connectivity index (χ3v) is 3.80. The number of hydrogen-bond donors (Lipinski definition) is 3. The molecule has 0 bridgehead atoms. The number of carbonyl (C=O) groups is 1. The van der Waals surface area contributed by atoms with E-state index < -0.39 is 5.54 Å². The minimum absolute atomic E-state index is 0.0693. The molecule has 1 heterocycles. The summed E-state index contributed by atoms with van der Waals surface area (Å²) in [5.41, 5.74) is 1.38. The second-order valence-electron chi connectivity index (χ2n) is 5.16. The molecule has 5 nitrogen and oxygen atoms in total. The summed E-state index contributed by atoms with van der Waals surface area (Å²) in [7, 11) is 1.62. The van der Waals surface area contributed by atoms with E-state index in [1.54, 1.807) is 7.11 Å². The number of ether oxygens (including phenoxy) is 1. The Labute approximate surface area is 119 Å². The average Bonchev–Trinajstić information content (AvgIpc) is 2.47. The van der Waals surface area contributed by atoms with Crippen LogP contribution in [0.3, 0.4) is 0 Å². The lowest BCUT2D eigenvalue weighted by atomic mass is 9.83. The third-order valence-electron chi connectivity index (χ3n) is 3.80. The van der Waals surface area contributed by atoms with Gasteiger partial charge in [0.15, 0.2) is 0 Å². The van der Waals surface area contributed by atoms with Gasteiger partial charge in [0.2, 0.25) is 5.91 Å². The molecule has 2 rings (SSSR count). The smallest absolute Gasteiger partial charge is 0.244 e. The Morgan fingerprint density at radius 2 is 2.35 bits per heavy atom. The van der Waals surface area contributed by atoms with Gasteiger partial charge in [-0.1, -0.05) is 6.07 Å².